The number of hydrogen-bond acceptors (Lipinski definition) is 2. The standard InChI is InChI=1S/C12H9NS/c1-2-4-12-11(3-1)10-5-6-13-7-9(10)8-14-12/h1-7H,8H2. The summed E-state index contributed by atoms with van der Waals surface area (Å²) in [5.41, 5.74) is 4.03. The van der Waals surface area contributed by atoms with E-state index in [-0.39, 0.29) is 0 Å². The zero-order valence-corrected chi connectivity index (χ0v) is 8.42. The molecule has 2 aromatic rings. The molecular weight excluding hydrogens is 190 g/mol. The lowest BCUT2D eigenvalue weighted by Gasteiger charge is -2.17. The van der Waals surface area contributed by atoms with Gasteiger partial charge in [-0.05, 0) is 28.8 Å². The van der Waals surface area contributed by atoms with Crippen LogP contribution in [0.3, 0.4) is 0 Å². The first-order valence-corrected chi connectivity index (χ1v) is 5.59. The van der Waals surface area contributed by atoms with Gasteiger partial charge in [0.05, 0.1) is 0 Å². The molecule has 14 heavy (non-hydrogen) atoms. The molecule has 0 unspecified atom stereocenters. The Morgan fingerprint density at radius 2 is 2.00 bits per heavy atom. The molecule has 1 aromatic carbocycles. The number of thioether (sulfide) groups is 1. The zero-order valence-electron chi connectivity index (χ0n) is 7.60. The Hall–Kier alpha value is -1.28. The van der Waals surface area contributed by atoms with Gasteiger partial charge in [-0.25, -0.2) is 0 Å². The summed E-state index contributed by atoms with van der Waals surface area (Å²) in [6, 6.07) is 10.7. The number of benzene rings is 1. The molecule has 0 fully saturated rings. The molecule has 0 N–H and O–H groups in total. The van der Waals surface area contributed by atoms with Crippen LogP contribution in [-0.2, 0) is 5.75 Å². The summed E-state index contributed by atoms with van der Waals surface area (Å²) >= 11 is 1.89. The highest BCUT2D eigenvalue weighted by Crippen LogP contribution is 2.40. The normalized spacial score (nSPS) is 13.1. The highest BCUT2D eigenvalue weighted by molar-refractivity contribution is 7.98. The summed E-state index contributed by atoms with van der Waals surface area (Å²) in [6.07, 6.45) is 3.84. The van der Waals surface area contributed by atoms with Crippen molar-refractivity contribution in [3.8, 4) is 11.1 Å². The lowest BCUT2D eigenvalue weighted by atomic mass is 10.0. The molecule has 0 aliphatic carbocycles. The van der Waals surface area contributed by atoms with Crippen LogP contribution in [0.1, 0.15) is 5.56 Å². The molecule has 1 aliphatic rings. The van der Waals surface area contributed by atoms with Crippen LogP contribution in [0.4, 0.5) is 0 Å². The fourth-order valence-electron chi connectivity index (χ4n) is 1.78. The number of nitrogens with zero attached hydrogens (tertiary/aromatic N) is 1. The van der Waals surface area contributed by atoms with Gasteiger partial charge in [0.2, 0.25) is 0 Å². The van der Waals surface area contributed by atoms with Crippen LogP contribution in [0.15, 0.2) is 47.6 Å². The van der Waals surface area contributed by atoms with Crippen molar-refractivity contribution >= 4 is 11.8 Å². The van der Waals surface area contributed by atoms with E-state index in [1.807, 2.05) is 24.2 Å². The molecule has 0 saturated heterocycles. The first kappa shape index (κ1) is 8.06. The van der Waals surface area contributed by atoms with Gasteiger partial charge in [0.15, 0.2) is 0 Å². The van der Waals surface area contributed by atoms with Crippen LogP contribution < -0.4 is 0 Å². The molecule has 0 radical (unpaired) electrons. The quantitative estimate of drug-likeness (QED) is 0.645. The molecule has 1 aromatic heterocycles. The van der Waals surface area contributed by atoms with E-state index in [9.17, 15) is 0 Å². The third-order valence-corrected chi connectivity index (χ3v) is 3.59. The molecule has 0 amide bonds. The second kappa shape index (κ2) is 3.14. The van der Waals surface area contributed by atoms with Gasteiger partial charge >= 0.3 is 0 Å². The Kier molecular flexibility index (Phi) is 1.81. The molecule has 68 valence electrons. The minimum Gasteiger partial charge on any atom is -0.264 e. The molecule has 0 spiro atoms. The van der Waals surface area contributed by atoms with Crippen molar-refractivity contribution in [2.45, 2.75) is 10.6 Å². The van der Waals surface area contributed by atoms with Crippen molar-refractivity contribution in [3.63, 3.8) is 0 Å². The Morgan fingerprint density at radius 3 is 3.00 bits per heavy atom. The first-order valence-electron chi connectivity index (χ1n) is 4.60. The fraction of sp³-hybridized carbons (Fsp3) is 0.0833. The second-order valence-electron chi connectivity index (χ2n) is 3.32. The van der Waals surface area contributed by atoms with E-state index < -0.39 is 0 Å². The maximum absolute atomic E-state index is 4.16. The summed E-state index contributed by atoms with van der Waals surface area (Å²) in [4.78, 5) is 5.54. The summed E-state index contributed by atoms with van der Waals surface area (Å²) in [5.74, 6) is 1.04. The lowest BCUT2D eigenvalue weighted by Crippen LogP contribution is -1.95. The molecule has 3 rings (SSSR count). The first-order chi connectivity index (χ1) is 6.95. The summed E-state index contributed by atoms with van der Waals surface area (Å²) in [6.45, 7) is 0. The number of aromatic nitrogens is 1. The molecule has 0 bridgehead atoms. The highest BCUT2D eigenvalue weighted by atomic mass is 32.2. The predicted octanol–water partition coefficient (Wildman–Crippen LogP) is 3.35. The van der Waals surface area contributed by atoms with Gasteiger partial charge in [-0.15, -0.1) is 11.8 Å². The van der Waals surface area contributed by atoms with E-state index in [1.165, 1.54) is 21.6 Å². The third kappa shape index (κ3) is 1.15. The van der Waals surface area contributed by atoms with Crippen molar-refractivity contribution in [2.24, 2.45) is 0 Å². The SMILES string of the molecule is c1ccc2c(c1)SCc1cnccc1-2. The van der Waals surface area contributed by atoms with Crippen LogP contribution in [-0.4, -0.2) is 4.98 Å². The zero-order chi connectivity index (χ0) is 9.38. The van der Waals surface area contributed by atoms with Gasteiger partial charge < -0.3 is 0 Å². The van der Waals surface area contributed by atoms with Crippen molar-refractivity contribution in [1.82, 2.24) is 4.98 Å². The van der Waals surface area contributed by atoms with Crippen LogP contribution in [0.5, 0.6) is 0 Å². The van der Waals surface area contributed by atoms with Gasteiger partial charge in [0.1, 0.15) is 0 Å². The highest BCUT2D eigenvalue weighted by Gasteiger charge is 2.14. The van der Waals surface area contributed by atoms with E-state index in [4.69, 9.17) is 0 Å². The molecule has 1 nitrogen and oxygen atoms in total. The van der Waals surface area contributed by atoms with Gasteiger partial charge in [0.25, 0.3) is 0 Å². The van der Waals surface area contributed by atoms with E-state index in [1.54, 1.807) is 0 Å². The minimum atomic E-state index is 1.04. The number of hydrogen-bond donors (Lipinski definition) is 0. The molecule has 2 heteroatoms. The van der Waals surface area contributed by atoms with Crippen molar-refractivity contribution in [3.05, 3.63) is 48.3 Å². The molecular formula is C12H9NS. The van der Waals surface area contributed by atoms with E-state index >= 15 is 0 Å². The third-order valence-electron chi connectivity index (χ3n) is 2.46. The van der Waals surface area contributed by atoms with E-state index in [2.05, 4.69) is 35.3 Å². The summed E-state index contributed by atoms with van der Waals surface area (Å²) in [5, 5.41) is 0. The smallest absolute Gasteiger partial charge is 0.0314 e. The summed E-state index contributed by atoms with van der Waals surface area (Å²) in [7, 11) is 0. The van der Waals surface area contributed by atoms with Crippen LogP contribution >= 0.6 is 11.8 Å². The monoisotopic (exact) mass is 199 g/mol. The van der Waals surface area contributed by atoms with Crippen molar-refractivity contribution in [2.75, 3.05) is 0 Å². The largest absolute Gasteiger partial charge is 0.264 e. The number of fused-ring (bicyclic) bond motifs is 3. The molecule has 0 saturated carbocycles. The maximum atomic E-state index is 4.16. The van der Waals surface area contributed by atoms with E-state index in [0.29, 0.717) is 0 Å². The minimum absolute atomic E-state index is 1.04. The topological polar surface area (TPSA) is 12.9 Å². The van der Waals surface area contributed by atoms with Gasteiger partial charge in [-0.3, -0.25) is 4.98 Å². The van der Waals surface area contributed by atoms with Crippen LogP contribution in [0.2, 0.25) is 0 Å². The Balaban J connectivity index is 2.29. The Bertz CT molecular complexity index is 434. The number of rotatable bonds is 0. The second-order valence-corrected chi connectivity index (χ2v) is 4.33. The fourth-order valence-corrected chi connectivity index (χ4v) is 2.82. The van der Waals surface area contributed by atoms with Crippen LogP contribution in [0, 0.1) is 0 Å². The van der Waals surface area contributed by atoms with Gasteiger partial charge in [0, 0.05) is 23.0 Å². The Morgan fingerprint density at radius 1 is 1.07 bits per heavy atom. The van der Waals surface area contributed by atoms with E-state index in [0.717, 1.165) is 5.75 Å². The number of pyridine rings is 1. The molecule has 2 heterocycles. The average molecular weight is 199 g/mol. The molecule has 0 atom stereocenters. The van der Waals surface area contributed by atoms with Crippen LogP contribution in [0.25, 0.3) is 11.1 Å². The molecule has 1 aliphatic heterocycles. The predicted molar refractivity (Wildman–Crippen MR) is 59.2 cm³/mol. The maximum Gasteiger partial charge on any atom is 0.0314 e. The lowest BCUT2D eigenvalue weighted by molar-refractivity contribution is 1.22. The van der Waals surface area contributed by atoms with Crippen molar-refractivity contribution < 1.29 is 0 Å². The Labute approximate surface area is 87.2 Å². The average Bonchev–Trinajstić information content (AvgIpc) is 2.29. The van der Waals surface area contributed by atoms with Crippen molar-refractivity contribution in [1.29, 1.82) is 0 Å². The van der Waals surface area contributed by atoms with Gasteiger partial charge in [-0.1, -0.05) is 18.2 Å². The summed E-state index contributed by atoms with van der Waals surface area (Å²) < 4.78 is 0. The van der Waals surface area contributed by atoms with Gasteiger partial charge in [-0.2, -0.15) is 0 Å².